The van der Waals surface area contributed by atoms with Gasteiger partial charge in [-0.15, -0.1) is 0 Å². The summed E-state index contributed by atoms with van der Waals surface area (Å²) < 4.78 is 2.07. The molecule has 1 atom stereocenters. The van der Waals surface area contributed by atoms with Gasteiger partial charge in [-0.25, -0.2) is 0 Å². The van der Waals surface area contributed by atoms with Gasteiger partial charge in [-0.2, -0.15) is 5.10 Å². The lowest BCUT2D eigenvalue weighted by Gasteiger charge is -2.19. The third-order valence-electron chi connectivity index (χ3n) is 4.36. The Hall–Kier alpha value is -1.61. The third kappa shape index (κ3) is 3.03. The van der Waals surface area contributed by atoms with Gasteiger partial charge in [0.05, 0.1) is 12.2 Å². The summed E-state index contributed by atoms with van der Waals surface area (Å²) in [4.78, 5) is 0. The lowest BCUT2D eigenvalue weighted by atomic mass is 9.94. The normalized spacial score (nSPS) is 12.7. The summed E-state index contributed by atoms with van der Waals surface area (Å²) >= 11 is 0. The molecule has 0 fully saturated rings. The first kappa shape index (κ1) is 15.8. The fourth-order valence-electron chi connectivity index (χ4n) is 3.48. The first-order chi connectivity index (χ1) is 9.85. The average molecular weight is 285 g/mol. The molecular weight excluding hydrogens is 258 g/mol. The van der Waals surface area contributed by atoms with E-state index in [2.05, 4.69) is 63.5 Å². The number of nitrogens with two attached hydrogens (primary N) is 1. The van der Waals surface area contributed by atoms with Gasteiger partial charge in [0.15, 0.2) is 0 Å². The predicted molar refractivity (Wildman–Crippen MR) is 88.7 cm³/mol. The van der Waals surface area contributed by atoms with E-state index in [1.807, 2.05) is 0 Å². The summed E-state index contributed by atoms with van der Waals surface area (Å²) in [5, 5.41) is 4.66. The van der Waals surface area contributed by atoms with Gasteiger partial charge < -0.3 is 5.73 Å². The highest BCUT2D eigenvalue weighted by molar-refractivity contribution is 5.39. The van der Waals surface area contributed by atoms with E-state index in [-0.39, 0.29) is 6.04 Å². The molecule has 1 aromatic heterocycles. The number of aryl methyl sites for hydroxylation is 4. The minimum atomic E-state index is -0.0201. The fourth-order valence-corrected chi connectivity index (χ4v) is 3.48. The molecule has 0 amide bonds. The molecule has 0 aliphatic carbocycles. The second kappa shape index (κ2) is 6.02. The van der Waals surface area contributed by atoms with Crippen LogP contribution in [-0.2, 0) is 13.0 Å². The highest BCUT2D eigenvalue weighted by atomic mass is 15.3. The Bertz CT molecular complexity index is 630. The SMILES string of the molecule is CCc1c(C)nn(CC(N)c2c(C)cc(C)cc2C)c1C. The Kier molecular flexibility index (Phi) is 4.52. The molecule has 1 unspecified atom stereocenters. The predicted octanol–water partition coefficient (Wildman–Crippen LogP) is 3.69. The lowest BCUT2D eigenvalue weighted by molar-refractivity contribution is 0.511. The average Bonchev–Trinajstić information content (AvgIpc) is 2.62. The molecule has 2 N–H and O–H groups in total. The summed E-state index contributed by atoms with van der Waals surface area (Å²) in [5.74, 6) is 0. The van der Waals surface area contributed by atoms with Gasteiger partial charge in [-0.1, -0.05) is 24.6 Å². The van der Waals surface area contributed by atoms with Crippen molar-refractivity contribution in [2.24, 2.45) is 5.73 Å². The van der Waals surface area contributed by atoms with Crippen molar-refractivity contribution < 1.29 is 0 Å². The van der Waals surface area contributed by atoms with Gasteiger partial charge in [0.2, 0.25) is 0 Å². The Labute approximate surface area is 128 Å². The minimum Gasteiger partial charge on any atom is -0.322 e. The number of hydrogen-bond acceptors (Lipinski definition) is 2. The van der Waals surface area contributed by atoms with Crippen LogP contribution in [0.3, 0.4) is 0 Å². The number of aromatic nitrogens is 2. The molecule has 1 heterocycles. The zero-order chi connectivity index (χ0) is 15.7. The van der Waals surface area contributed by atoms with E-state index in [0.717, 1.165) is 18.7 Å². The molecule has 0 saturated carbocycles. The zero-order valence-corrected chi connectivity index (χ0v) is 14.1. The summed E-state index contributed by atoms with van der Waals surface area (Å²) in [6.07, 6.45) is 1.02. The number of hydrogen-bond donors (Lipinski definition) is 1. The first-order valence-corrected chi connectivity index (χ1v) is 7.71. The maximum Gasteiger partial charge on any atom is 0.0628 e. The smallest absolute Gasteiger partial charge is 0.0628 e. The molecule has 2 aromatic rings. The van der Waals surface area contributed by atoms with Crippen LogP contribution in [0.2, 0.25) is 0 Å². The van der Waals surface area contributed by atoms with Crippen molar-refractivity contribution in [3.63, 3.8) is 0 Å². The number of benzene rings is 1. The van der Waals surface area contributed by atoms with Crippen molar-refractivity contribution in [3.05, 3.63) is 51.3 Å². The molecule has 0 saturated heterocycles. The van der Waals surface area contributed by atoms with E-state index in [1.165, 1.54) is 33.5 Å². The van der Waals surface area contributed by atoms with E-state index in [1.54, 1.807) is 0 Å². The van der Waals surface area contributed by atoms with Gasteiger partial charge in [0.1, 0.15) is 0 Å². The molecule has 0 radical (unpaired) electrons. The molecule has 0 spiro atoms. The lowest BCUT2D eigenvalue weighted by Crippen LogP contribution is -2.21. The first-order valence-electron chi connectivity index (χ1n) is 7.71. The Morgan fingerprint density at radius 2 is 1.67 bits per heavy atom. The number of nitrogens with zero attached hydrogens (tertiary/aromatic N) is 2. The van der Waals surface area contributed by atoms with Crippen LogP contribution in [-0.4, -0.2) is 9.78 Å². The van der Waals surface area contributed by atoms with E-state index >= 15 is 0 Å². The van der Waals surface area contributed by atoms with Crippen molar-refractivity contribution in [1.82, 2.24) is 9.78 Å². The molecule has 21 heavy (non-hydrogen) atoms. The third-order valence-corrected chi connectivity index (χ3v) is 4.36. The molecule has 1 aromatic carbocycles. The van der Waals surface area contributed by atoms with Crippen molar-refractivity contribution >= 4 is 0 Å². The topological polar surface area (TPSA) is 43.8 Å². The monoisotopic (exact) mass is 285 g/mol. The van der Waals surface area contributed by atoms with E-state index in [4.69, 9.17) is 5.73 Å². The van der Waals surface area contributed by atoms with Gasteiger partial charge in [-0.3, -0.25) is 4.68 Å². The Balaban J connectivity index is 2.33. The van der Waals surface area contributed by atoms with Gasteiger partial charge in [-0.05, 0) is 63.3 Å². The minimum absolute atomic E-state index is 0.0201. The molecule has 0 aliphatic rings. The Morgan fingerprint density at radius 1 is 1.10 bits per heavy atom. The molecular formula is C18H27N3. The maximum absolute atomic E-state index is 6.49. The Morgan fingerprint density at radius 3 is 2.14 bits per heavy atom. The van der Waals surface area contributed by atoms with Crippen molar-refractivity contribution in [2.45, 2.75) is 60.5 Å². The highest BCUT2D eigenvalue weighted by Crippen LogP contribution is 2.24. The standard InChI is InChI=1S/C18H27N3/c1-7-16-14(5)20-21(15(16)6)10-17(19)18-12(3)8-11(2)9-13(18)4/h8-9,17H,7,10,19H2,1-6H3. The maximum atomic E-state index is 6.49. The quantitative estimate of drug-likeness (QED) is 0.931. The molecule has 0 aliphatic heterocycles. The van der Waals surface area contributed by atoms with Gasteiger partial charge >= 0.3 is 0 Å². The fraction of sp³-hybridized carbons (Fsp3) is 0.500. The highest BCUT2D eigenvalue weighted by Gasteiger charge is 2.16. The van der Waals surface area contributed by atoms with Crippen LogP contribution < -0.4 is 5.73 Å². The molecule has 0 bridgehead atoms. The summed E-state index contributed by atoms with van der Waals surface area (Å²) in [5.41, 5.74) is 15.3. The van der Waals surface area contributed by atoms with Crippen LogP contribution in [0.4, 0.5) is 0 Å². The number of rotatable bonds is 4. The molecule has 2 rings (SSSR count). The van der Waals surface area contributed by atoms with Crippen molar-refractivity contribution in [2.75, 3.05) is 0 Å². The van der Waals surface area contributed by atoms with Crippen LogP contribution in [0.15, 0.2) is 12.1 Å². The van der Waals surface area contributed by atoms with Crippen LogP contribution >= 0.6 is 0 Å². The zero-order valence-electron chi connectivity index (χ0n) is 14.1. The summed E-state index contributed by atoms with van der Waals surface area (Å²) in [6, 6.07) is 4.40. The second-order valence-corrected chi connectivity index (χ2v) is 6.10. The molecule has 3 nitrogen and oxygen atoms in total. The van der Waals surface area contributed by atoms with Crippen LogP contribution in [0, 0.1) is 34.6 Å². The molecule has 3 heteroatoms. The second-order valence-electron chi connectivity index (χ2n) is 6.10. The van der Waals surface area contributed by atoms with E-state index in [9.17, 15) is 0 Å². The largest absolute Gasteiger partial charge is 0.322 e. The van der Waals surface area contributed by atoms with Crippen molar-refractivity contribution in [3.8, 4) is 0 Å². The van der Waals surface area contributed by atoms with Gasteiger partial charge in [0, 0.05) is 11.7 Å². The summed E-state index contributed by atoms with van der Waals surface area (Å²) in [6.45, 7) is 13.6. The van der Waals surface area contributed by atoms with E-state index < -0.39 is 0 Å². The van der Waals surface area contributed by atoms with Crippen LogP contribution in [0.1, 0.15) is 52.2 Å². The van der Waals surface area contributed by atoms with Crippen LogP contribution in [0.5, 0.6) is 0 Å². The van der Waals surface area contributed by atoms with Crippen LogP contribution in [0.25, 0.3) is 0 Å². The molecule has 114 valence electrons. The summed E-state index contributed by atoms with van der Waals surface area (Å²) in [7, 11) is 0. The van der Waals surface area contributed by atoms with E-state index in [0.29, 0.717) is 0 Å². The van der Waals surface area contributed by atoms with Gasteiger partial charge in [0.25, 0.3) is 0 Å². The van der Waals surface area contributed by atoms with Crippen molar-refractivity contribution in [1.29, 1.82) is 0 Å².